The predicted octanol–water partition coefficient (Wildman–Crippen LogP) is 2.61. The van der Waals surface area contributed by atoms with Crippen molar-refractivity contribution in [2.45, 2.75) is 71.4 Å². The fourth-order valence-corrected chi connectivity index (χ4v) is 8.06. The van der Waals surface area contributed by atoms with E-state index in [1.807, 2.05) is 0 Å². The van der Waals surface area contributed by atoms with Crippen LogP contribution < -0.4 is 0 Å². The average molecular weight is 411 g/mol. The zero-order chi connectivity index (χ0) is 18.7. The molecule has 1 fully saturated rings. The van der Waals surface area contributed by atoms with E-state index in [4.69, 9.17) is 0 Å². The van der Waals surface area contributed by atoms with Crippen LogP contribution in [0, 0.1) is 0 Å². The molecule has 0 radical (unpaired) electrons. The van der Waals surface area contributed by atoms with Crippen LogP contribution in [0.2, 0.25) is 4.98 Å². The van der Waals surface area contributed by atoms with Gasteiger partial charge < -0.3 is 0 Å². The Morgan fingerprint density at radius 2 is 1.28 bits per heavy atom. The summed E-state index contributed by atoms with van der Waals surface area (Å²) in [6.45, 7) is 25.4. The Hall–Kier alpha value is 0.476. The van der Waals surface area contributed by atoms with Crippen molar-refractivity contribution in [3.8, 4) is 0 Å². The Morgan fingerprint density at radius 1 is 0.760 bits per heavy atom. The molecule has 2 atom stereocenters. The number of nitrogens with zero attached hydrogens (tertiary/aromatic N) is 4. The summed E-state index contributed by atoms with van der Waals surface area (Å²) < 4.78 is 2.89. The molecule has 1 saturated heterocycles. The van der Waals surface area contributed by atoms with E-state index in [0.29, 0.717) is 0 Å². The van der Waals surface area contributed by atoms with Crippen molar-refractivity contribution >= 4 is 17.6 Å². The second-order valence-electron chi connectivity index (χ2n) is 7.75. The standard InChI is InChI=1S/C20H44N4.Ga.H/c1-8-22(17-14-20(7)24(11-4)12-5)18-16-21-15-13-19(6)23(9-2)10-3;;/h19-20H,1,8-18H2,2-7H3;;/q-1;+1;. The van der Waals surface area contributed by atoms with Crippen LogP contribution in [0.25, 0.3) is 0 Å². The third kappa shape index (κ3) is 8.80. The molecule has 25 heavy (non-hydrogen) atoms. The van der Waals surface area contributed by atoms with Crippen LogP contribution in [0.3, 0.4) is 0 Å². The maximum absolute atomic E-state index is 2.89. The Kier molecular flexibility index (Phi) is 12.8. The molecule has 0 bridgehead atoms. The van der Waals surface area contributed by atoms with E-state index in [1.54, 1.807) is 0 Å². The van der Waals surface area contributed by atoms with Crippen molar-refractivity contribution in [3.05, 3.63) is 0 Å². The van der Waals surface area contributed by atoms with Crippen molar-refractivity contribution < 1.29 is 0 Å². The van der Waals surface area contributed by atoms with Gasteiger partial charge in [-0.2, -0.15) is 0 Å². The SMILES string of the molecule is CCN(CC)C(C)CCN1C[CH2][GaH][N](CCC(C)N(CC)CC)CC1. The summed E-state index contributed by atoms with van der Waals surface area (Å²) in [5.41, 5.74) is 0. The second-order valence-corrected chi connectivity index (χ2v) is 12.1. The molecule has 0 N–H and O–H groups in total. The van der Waals surface area contributed by atoms with Crippen molar-refractivity contribution in [2.75, 3.05) is 58.9 Å². The van der Waals surface area contributed by atoms with E-state index in [-0.39, 0.29) is 0 Å². The van der Waals surface area contributed by atoms with Gasteiger partial charge in [-0.3, -0.25) is 0 Å². The molecule has 0 aromatic carbocycles. The van der Waals surface area contributed by atoms with Crippen LogP contribution >= 0.6 is 0 Å². The molecule has 0 aromatic heterocycles. The van der Waals surface area contributed by atoms with Crippen LogP contribution in [-0.2, 0) is 0 Å². The van der Waals surface area contributed by atoms with E-state index in [2.05, 4.69) is 59.8 Å². The molecule has 4 nitrogen and oxygen atoms in total. The molecule has 1 heterocycles. The van der Waals surface area contributed by atoms with Crippen LogP contribution in [0.1, 0.15) is 54.4 Å². The van der Waals surface area contributed by atoms with Crippen LogP contribution in [-0.4, -0.2) is 107 Å². The van der Waals surface area contributed by atoms with Gasteiger partial charge in [0.05, 0.1) is 0 Å². The summed E-state index contributed by atoms with van der Waals surface area (Å²) >= 11 is -0.480. The van der Waals surface area contributed by atoms with Gasteiger partial charge in [0.1, 0.15) is 0 Å². The zero-order valence-electron chi connectivity index (χ0n) is 18.1. The zero-order valence-corrected chi connectivity index (χ0v) is 21.1. The van der Waals surface area contributed by atoms with Crippen molar-refractivity contribution in [1.29, 1.82) is 0 Å². The molecule has 1 aliphatic heterocycles. The molecule has 5 heteroatoms. The Labute approximate surface area is 166 Å². The van der Waals surface area contributed by atoms with Gasteiger partial charge in [0.25, 0.3) is 0 Å². The van der Waals surface area contributed by atoms with E-state index in [0.717, 1.165) is 12.1 Å². The van der Waals surface area contributed by atoms with Crippen LogP contribution in [0.4, 0.5) is 0 Å². The van der Waals surface area contributed by atoms with Crippen molar-refractivity contribution in [1.82, 2.24) is 18.3 Å². The van der Waals surface area contributed by atoms with Crippen LogP contribution in [0.15, 0.2) is 0 Å². The minimum atomic E-state index is -0.480. The first-order valence-electron chi connectivity index (χ1n) is 11.0. The third-order valence-electron chi connectivity index (χ3n) is 6.28. The normalized spacial score (nSPS) is 19.8. The van der Waals surface area contributed by atoms with Gasteiger partial charge in [-0.05, 0) is 0 Å². The molecule has 148 valence electrons. The summed E-state index contributed by atoms with van der Waals surface area (Å²) in [4.78, 5) is 9.47. The van der Waals surface area contributed by atoms with Crippen LogP contribution in [0.5, 0.6) is 0 Å². The van der Waals surface area contributed by atoms with Gasteiger partial charge in [0, 0.05) is 0 Å². The third-order valence-corrected chi connectivity index (χ3v) is 10.3. The van der Waals surface area contributed by atoms with E-state index in [9.17, 15) is 0 Å². The Balaban J connectivity index is 2.29. The Morgan fingerprint density at radius 3 is 1.80 bits per heavy atom. The summed E-state index contributed by atoms with van der Waals surface area (Å²) in [5, 5.41) is 0. The molecule has 1 aliphatic rings. The summed E-state index contributed by atoms with van der Waals surface area (Å²) in [6.07, 6.45) is 2.68. The van der Waals surface area contributed by atoms with Gasteiger partial charge in [0.15, 0.2) is 0 Å². The molecular formula is C20H45GaN4. The fourth-order valence-electron chi connectivity index (χ4n) is 4.27. The van der Waals surface area contributed by atoms with Gasteiger partial charge in [-0.25, -0.2) is 0 Å². The average Bonchev–Trinajstić information content (AvgIpc) is 2.85. The molecule has 1 rings (SSSR count). The van der Waals surface area contributed by atoms with E-state index >= 15 is 0 Å². The number of rotatable bonds is 12. The predicted molar refractivity (Wildman–Crippen MR) is 114 cm³/mol. The first-order chi connectivity index (χ1) is 12.0. The number of hydrogen-bond acceptors (Lipinski definition) is 4. The van der Waals surface area contributed by atoms with Crippen molar-refractivity contribution in [2.24, 2.45) is 0 Å². The first-order valence-corrected chi connectivity index (χ1v) is 14.4. The maximum atomic E-state index is 2.89. The minimum absolute atomic E-state index is 0.480. The van der Waals surface area contributed by atoms with E-state index < -0.39 is 17.6 Å². The second kappa shape index (κ2) is 13.6. The molecule has 0 aromatic rings. The summed E-state index contributed by atoms with van der Waals surface area (Å²) in [7, 11) is 0. The van der Waals surface area contributed by atoms with E-state index in [1.165, 1.54) is 76.7 Å². The van der Waals surface area contributed by atoms with Gasteiger partial charge in [0.2, 0.25) is 0 Å². The Bertz CT molecular complexity index is 291. The van der Waals surface area contributed by atoms with Crippen molar-refractivity contribution in [3.63, 3.8) is 0 Å². The van der Waals surface area contributed by atoms with Gasteiger partial charge in [-0.15, -0.1) is 0 Å². The first kappa shape index (κ1) is 23.5. The molecule has 0 spiro atoms. The van der Waals surface area contributed by atoms with Gasteiger partial charge in [-0.1, -0.05) is 0 Å². The fraction of sp³-hybridized carbons (Fsp3) is 1.00. The number of hydrogen-bond donors (Lipinski definition) is 0. The molecular weight excluding hydrogens is 366 g/mol. The summed E-state index contributed by atoms with van der Waals surface area (Å²) in [6, 6.07) is 1.47. The quantitative estimate of drug-likeness (QED) is 0.458. The molecule has 2 unspecified atom stereocenters. The molecule has 0 aliphatic carbocycles. The topological polar surface area (TPSA) is 13.0 Å². The summed E-state index contributed by atoms with van der Waals surface area (Å²) in [5.74, 6) is 0. The molecule has 0 saturated carbocycles. The molecule has 0 amide bonds. The monoisotopic (exact) mass is 410 g/mol. The van der Waals surface area contributed by atoms with Gasteiger partial charge >= 0.3 is 166 Å².